The van der Waals surface area contributed by atoms with Crippen molar-refractivity contribution in [2.75, 3.05) is 17.7 Å². The van der Waals surface area contributed by atoms with Crippen molar-refractivity contribution in [3.05, 3.63) is 20.8 Å². The summed E-state index contributed by atoms with van der Waals surface area (Å²) in [6, 6.07) is -0.0544. The molecular weight excluding hydrogens is 236 g/mol. The molecule has 0 aliphatic rings. The van der Waals surface area contributed by atoms with Crippen LogP contribution in [0.2, 0.25) is 0 Å². The number of rotatable bonds is 6. The summed E-state index contributed by atoms with van der Waals surface area (Å²) in [5, 5.41) is 11.9. The minimum atomic E-state index is -0.529. The lowest BCUT2D eigenvalue weighted by Crippen LogP contribution is -2.35. The molecule has 1 unspecified atom stereocenters. The van der Waals surface area contributed by atoms with E-state index in [1.807, 2.05) is 6.92 Å². The van der Waals surface area contributed by atoms with Crippen LogP contribution >= 0.6 is 0 Å². The fourth-order valence-corrected chi connectivity index (χ4v) is 1.78. The normalized spacial score (nSPS) is 12.4. The highest BCUT2D eigenvalue weighted by Gasteiger charge is 2.14. The summed E-state index contributed by atoms with van der Waals surface area (Å²) in [5.74, 6) is 0.127. The predicted octanol–water partition coefficient (Wildman–Crippen LogP) is -0.288. The molecule has 0 amide bonds. The van der Waals surface area contributed by atoms with Crippen LogP contribution in [0.1, 0.15) is 26.7 Å². The lowest BCUT2D eigenvalue weighted by Gasteiger charge is -2.19. The van der Waals surface area contributed by atoms with Crippen molar-refractivity contribution in [2.24, 2.45) is 0 Å². The molecule has 18 heavy (non-hydrogen) atoms. The van der Waals surface area contributed by atoms with Crippen LogP contribution in [0.5, 0.6) is 0 Å². The highest BCUT2D eigenvalue weighted by molar-refractivity contribution is 5.60. The van der Waals surface area contributed by atoms with Crippen LogP contribution in [-0.4, -0.2) is 27.3 Å². The molecule has 0 bridgehead atoms. The van der Waals surface area contributed by atoms with Gasteiger partial charge in [0, 0.05) is 19.2 Å². The molecule has 0 aliphatic heterocycles. The zero-order valence-corrected chi connectivity index (χ0v) is 10.7. The van der Waals surface area contributed by atoms with E-state index in [0.29, 0.717) is 13.0 Å². The number of nitrogens with one attached hydrogen (secondary N) is 2. The Hall–Kier alpha value is -1.76. The van der Waals surface area contributed by atoms with E-state index in [2.05, 4.69) is 10.3 Å². The van der Waals surface area contributed by atoms with Gasteiger partial charge in [-0.2, -0.15) is 0 Å². The molecule has 102 valence electrons. The van der Waals surface area contributed by atoms with Crippen LogP contribution in [0.3, 0.4) is 0 Å². The van der Waals surface area contributed by atoms with Crippen molar-refractivity contribution < 1.29 is 5.11 Å². The van der Waals surface area contributed by atoms with Crippen LogP contribution < -0.4 is 22.3 Å². The van der Waals surface area contributed by atoms with Crippen LogP contribution in [-0.2, 0) is 6.54 Å². The number of nitrogens with two attached hydrogens (primary N) is 1. The van der Waals surface area contributed by atoms with Crippen LogP contribution in [0, 0.1) is 0 Å². The van der Waals surface area contributed by atoms with Gasteiger partial charge in [0.25, 0.3) is 5.56 Å². The van der Waals surface area contributed by atoms with E-state index in [9.17, 15) is 9.59 Å². The molecule has 5 N–H and O–H groups in total. The molecule has 0 spiro atoms. The fourth-order valence-electron chi connectivity index (χ4n) is 1.78. The number of hydrogen-bond acceptors (Lipinski definition) is 5. The summed E-state index contributed by atoms with van der Waals surface area (Å²) in [5.41, 5.74) is 4.96. The fraction of sp³-hybridized carbons (Fsp3) is 0.636. The van der Waals surface area contributed by atoms with Gasteiger partial charge in [0.2, 0.25) is 0 Å². The molecule has 0 aromatic carbocycles. The first-order valence-electron chi connectivity index (χ1n) is 6.05. The van der Waals surface area contributed by atoms with E-state index in [0.717, 1.165) is 6.42 Å². The average Bonchev–Trinajstić information content (AvgIpc) is 2.33. The Labute approximate surface area is 105 Å². The largest absolute Gasteiger partial charge is 0.396 e. The molecule has 0 saturated carbocycles. The minimum absolute atomic E-state index is 0.0245. The van der Waals surface area contributed by atoms with Gasteiger partial charge in [-0.15, -0.1) is 0 Å². The van der Waals surface area contributed by atoms with E-state index in [4.69, 9.17) is 10.8 Å². The second-order valence-electron chi connectivity index (χ2n) is 4.03. The lowest BCUT2D eigenvalue weighted by molar-refractivity contribution is 0.278. The second-order valence-corrected chi connectivity index (χ2v) is 4.03. The Bertz CT molecular complexity index is 506. The molecule has 1 aromatic rings. The highest BCUT2D eigenvalue weighted by atomic mass is 16.3. The Morgan fingerprint density at radius 2 is 2.11 bits per heavy atom. The van der Waals surface area contributed by atoms with Gasteiger partial charge in [-0.1, -0.05) is 6.92 Å². The third-order valence-corrected chi connectivity index (χ3v) is 2.87. The standard InChI is InChI=1S/C11H20N4O3/c1-3-7(5-6-16)13-8-9(12)15(4-2)11(18)14-10(8)17/h7,13,16H,3-6,12H2,1-2H3,(H,14,17,18). The van der Waals surface area contributed by atoms with E-state index >= 15 is 0 Å². The maximum absolute atomic E-state index is 11.7. The predicted molar refractivity (Wildman–Crippen MR) is 70.8 cm³/mol. The minimum Gasteiger partial charge on any atom is -0.396 e. The number of aliphatic hydroxyl groups is 1. The van der Waals surface area contributed by atoms with Gasteiger partial charge >= 0.3 is 5.69 Å². The summed E-state index contributed by atoms with van der Waals surface area (Å²) < 4.78 is 1.29. The third-order valence-electron chi connectivity index (χ3n) is 2.87. The van der Waals surface area contributed by atoms with Crippen LogP contribution in [0.4, 0.5) is 11.5 Å². The maximum atomic E-state index is 11.7. The average molecular weight is 256 g/mol. The van der Waals surface area contributed by atoms with Crippen molar-refractivity contribution in [3.8, 4) is 0 Å². The Morgan fingerprint density at radius 1 is 1.44 bits per heavy atom. The number of H-pyrrole nitrogens is 1. The lowest BCUT2D eigenvalue weighted by atomic mass is 10.1. The smallest absolute Gasteiger partial charge is 0.330 e. The van der Waals surface area contributed by atoms with Gasteiger partial charge in [-0.25, -0.2) is 4.79 Å². The van der Waals surface area contributed by atoms with Crippen LogP contribution in [0.25, 0.3) is 0 Å². The molecule has 7 nitrogen and oxygen atoms in total. The topological polar surface area (TPSA) is 113 Å². The number of nitrogen functional groups attached to an aromatic ring is 1. The van der Waals surface area contributed by atoms with Gasteiger partial charge in [0.1, 0.15) is 11.5 Å². The first-order chi connectivity index (χ1) is 8.54. The molecule has 0 saturated heterocycles. The number of nitrogens with zero attached hydrogens (tertiary/aromatic N) is 1. The van der Waals surface area contributed by atoms with Gasteiger partial charge < -0.3 is 16.2 Å². The molecule has 1 atom stereocenters. The quantitative estimate of drug-likeness (QED) is 0.558. The zero-order chi connectivity index (χ0) is 13.7. The van der Waals surface area contributed by atoms with Crippen LogP contribution in [0.15, 0.2) is 9.59 Å². The highest BCUT2D eigenvalue weighted by Crippen LogP contribution is 2.13. The summed E-state index contributed by atoms with van der Waals surface area (Å²) in [7, 11) is 0. The molecule has 0 radical (unpaired) electrons. The number of aromatic nitrogens is 2. The number of hydrogen-bond donors (Lipinski definition) is 4. The zero-order valence-electron chi connectivity index (χ0n) is 10.7. The van der Waals surface area contributed by atoms with Crippen molar-refractivity contribution in [1.29, 1.82) is 0 Å². The monoisotopic (exact) mass is 256 g/mol. The number of anilines is 2. The van der Waals surface area contributed by atoms with Crippen molar-refractivity contribution in [2.45, 2.75) is 39.3 Å². The summed E-state index contributed by atoms with van der Waals surface area (Å²) in [6.07, 6.45) is 1.26. The summed E-state index contributed by atoms with van der Waals surface area (Å²) >= 11 is 0. The van der Waals surface area contributed by atoms with Crippen molar-refractivity contribution in [3.63, 3.8) is 0 Å². The number of aliphatic hydroxyl groups excluding tert-OH is 1. The van der Waals surface area contributed by atoms with Crippen molar-refractivity contribution >= 4 is 11.5 Å². The summed E-state index contributed by atoms with van der Waals surface area (Å²) in [4.78, 5) is 25.4. The first-order valence-corrected chi connectivity index (χ1v) is 6.05. The summed E-state index contributed by atoms with van der Waals surface area (Å²) in [6.45, 7) is 4.11. The van der Waals surface area contributed by atoms with Crippen molar-refractivity contribution in [1.82, 2.24) is 9.55 Å². The van der Waals surface area contributed by atoms with E-state index < -0.39 is 11.2 Å². The number of aromatic amines is 1. The molecule has 0 aliphatic carbocycles. The van der Waals surface area contributed by atoms with Gasteiger partial charge in [0.15, 0.2) is 0 Å². The SMILES string of the molecule is CCC(CCO)Nc1c(N)n(CC)c(=O)[nH]c1=O. The van der Waals surface area contributed by atoms with Gasteiger partial charge in [-0.3, -0.25) is 14.3 Å². The maximum Gasteiger partial charge on any atom is 0.330 e. The first kappa shape index (κ1) is 14.3. The molecule has 1 aromatic heterocycles. The Kier molecular flexibility index (Phi) is 4.96. The second kappa shape index (κ2) is 6.25. The van der Waals surface area contributed by atoms with E-state index in [1.54, 1.807) is 6.92 Å². The van der Waals surface area contributed by atoms with E-state index in [-0.39, 0.29) is 24.2 Å². The Balaban J connectivity index is 3.16. The molecule has 1 rings (SSSR count). The third kappa shape index (κ3) is 2.92. The Morgan fingerprint density at radius 3 is 2.61 bits per heavy atom. The molecule has 7 heteroatoms. The van der Waals surface area contributed by atoms with Gasteiger partial charge in [-0.05, 0) is 19.8 Å². The van der Waals surface area contributed by atoms with Gasteiger partial charge in [0.05, 0.1) is 0 Å². The molecule has 1 heterocycles. The molecular formula is C11H20N4O3. The molecule has 0 fully saturated rings. The van der Waals surface area contributed by atoms with E-state index in [1.165, 1.54) is 4.57 Å².